The van der Waals surface area contributed by atoms with Gasteiger partial charge in [0, 0.05) is 24.9 Å². The lowest BCUT2D eigenvalue weighted by atomic mass is 9.49. The Kier molecular flexibility index (Phi) is 8.32. The van der Waals surface area contributed by atoms with Crippen molar-refractivity contribution in [3.8, 4) is 0 Å². The van der Waals surface area contributed by atoms with Gasteiger partial charge in [-0.25, -0.2) is 9.59 Å². The number of rotatable bonds is 7. The summed E-state index contributed by atoms with van der Waals surface area (Å²) in [6.07, 6.45) is 9.12. The van der Waals surface area contributed by atoms with E-state index >= 15 is 0 Å². The predicted octanol–water partition coefficient (Wildman–Crippen LogP) is 6.85. The molecule has 0 aromatic rings. The first-order valence-electron chi connectivity index (χ1n) is 14.1. The van der Waals surface area contributed by atoms with E-state index in [2.05, 4.69) is 46.8 Å². The molecule has 3 fully saturated rings. The Hall–Kier alpha value is -2.02. The third-order valence-electron chi connectivity index (χ3n) is 10.1. The van der Waals surface area contributed by atoms with E-state index in [0.717, 1.165) is 32.3 Å². The normalized spacial score (nSPS) is 37.4. The monoisotopic (exact) mass is 518 g/mol. The van der Waals surface area contributed by atoms with E-state index in [1.807, 2.05) is 0 Å². The smallest absolute Gasteiger partial charge is 0.438 e. The van der Waals surface area contributed by atoms with Crippen LogP contribution in [0, 0.1) is 34.5 Å². The lowest BCUT2D eigenvalue weighted by molar-refractivity contribution is -0.0866. The van der Waals surface area contributed by atoms with Crippen LogP contribution in [0.2, 0.25) is 0 Å². The van der Waals surface area contributed by atoms with Gasteiger partial charge in [0.2, 0.25) is 0 Å². The molecule has 0 aromatic heterocycles. The van der Waals surface area contributed by atoms with Crippen molar-refractivity contribution in [3.63, 3.8) is 0 Å². The fourth-order valence-corrected chi connectivity index (χ4v) is 8.03. The summed E-state index contributed by atoms with van der Waals surface area (Å²) in [5.41, 5.74) is 2.49. The summed E-state index contributed by atoms with van der Waals surface area (Å²) in [6, 6.07) is 0. The SMILES string of the molecule is COC(=O)O[C@@H]1CC2=CC=C3[C@@H]4CC[C@H](C(C)OCCC(C)C)[C@@]4(C)CC[C@@H]3[C@@]2(C)[C@@H](OC(=O)OC)C1. The second kappa shape index (κ2) is 11.0. The molecule has 0 N–H and O–H groups in total. The molecule has 37 heavy (non-hydrogen) atoms. The molecular formula is C30H46O7. The first-order chi connectivity index (χ1) is 17.5. The molecule has 0 aromatic carbocycles. The van der Waals surface area contributed by atoms with Crippen molar-refractivity contribution >= 4 is 12.3 Å². The molecule has 208 valence electrons. The van der Waals surface area contributed by atoms with Crippen LogP contribution in [-0.4, -0.2) is 51.4 Å². The molecule has 4 aliphatic rings. The van der Waals surface area contributed by atoms with Crippen LogP contribution in [0.4, 0.5) is 9.59 Å². The summed E-state index contributed by atoms with van der Waals surface area (Å²) in [5.74, 6) is 1.95. The maximum absolute atomic E-state index is 12.3. The average Bonchev–Trinajstić information content (AvgIpc) is 3.21. The maximum atomic E-state index is 12.3. The molecule has 0 radical (unpaired) electrons. The van der Waals surface area contributed by atoms with Gasteiger partial charge in [0.25, 0.3) is 0 Å². The maximum Gasteiger partial charge on any atom is 0.508 e. The van der Waals surface area contributed by atoms with Crippen LogP contribution in [0.3, 0.4) is 0 Å². The Morgan fingerprint density at radius 1 is 0.973 bits per heavy atom. The summed E-state index contributed by atoms with van der Waals surface area (Å²) in [7, 11) is 2.63. The third-order valence-corrected chi connectivity index (χ3v) is 10.1. The zero-order chi connectivity index (χ0) is 27.0. The van der Waals surface area contributed by atoms with Gasteiger partial charge in [-0.15, -0.1) is 0 Å². The van der Waals surface area contributed by atoms with Gasteiger partial charge in [0.15, 0.2) is 0 Å². The van der Waals surface area contributed by atoms with E-state index in [-0.39, 0.29) is 22.9 Å². The van der Waals surface area contributed by atoms with Crippen LogP contribution in [0.1, 0.15) is 79.6 Å². The number of allylic oxidation sites excluding steroid dienone is 3. The van der Waals surface area contributed by atoms with Gasteiger partial charge in [-0.2, -0.15) is 0 Å². The van der Waals surface area contributed by atoms with Crippen LogP contribution >= 0.6 is 0 Å². The van der Waals surface area contributed by atoms with Crippen molar-refractivity contribution in [1.82, 2.24) is 0 Å². The topological polar surface area (TPSA) is 80.3 Å². The summed E-state index contributed by atoms with van der Waals surface area (Å²) < 4.78 is 27.4. The van der Waals surface area contributed by atoms with Gasteiger partial charge >= 0.3 is 12.3 Å². The van der Waals surface area contributed by atoms with Crippen LogP contribution in [0.15, 0.2) is 23.3 Å². The van der Waals surface area contributed by atoms with Crippen molar-refractivity contribution in [3.05, 3.63) is 23.3 Å². The standard InChI is InChI=1S/C30H46O7/c1-18(2)13-15-35-19(3)23-10-11-24-22-9-8-20-16-21(36-27(31)33-6)17-26(37-28(32)34-7)30(20,5)25(22)12-14-29(23,24)4/h8-9,18-19,21,23-26H,10-17H2,1-7H3/t19?,21-,23-,24+,25+,26+,29-,30+/m1/s1. The molecular weight excluding hydrogens is 472 g/mol. The minimum absolute atomic E-state index is 0.200. The molecule has 0 saturated heterocycles. The summed E-state index contributed by atoms with van der Waals surface area (Å²) in [5, 5.41) is 0. The number of fused-ring (bicyclic) bond motifs is 5. The molecule has 0 bridgehead atoms. The number of ether oxygens (including phenoxy) is 5. The van der Waals surface area contributed by atoms with E-state index in [0.29, 0.717) is 30.6 Å². The Bertz CT molecular complexity index is 923. The van der Waals surface area contributed by atoms with Gasteiger partial charge < -0.3 is 23.7 Å². The summed E-state index contributed by atoms with van der Waals surface area (Å²) in [6.45, 7) is 12.3. The minimum Gasteiger partial charge on any atom is -0.438 e. The van der Waals surface area contributed by atoms with E-state index in [4.69, 9.17) is 23.7 Å². The fourth-order valence-electron chi connectivity index (χ4n) is 8.03. The second-order valence-corrected chi connectivity index (χ2v) is 12.4. The van der Waals surface area contributed by atoms with Crippen molar-refractivity contribution in [1.29, 1.82) is 0 Å². The lowest BCUT2D eigenvalue weighted by Gasteiger charge is -2.56. The largest absolute Gasteiger partial charge is 0.508 e. The van der Waals surface area contributed by atoms with Crippen LogP contribution < -0.4 is 0 Å². The number of hydrogen-bond acceptors (Lipinski definition) is 7. The van der Waals surface area contributed by atoms with Crippen molar-refractivity contribution in [2.75, 3.05) is 20.8 Å². The summed E-state index contributed by atoms with van der Waals surface area (Å²) in [4.78, 5) is 24.2. The molecule has 0 amide bonds. The quantitative estimate of drug-likeness (QED) is 0.341. The van der Waals surface area contributed by atoms with Crippen LogP contribution in [-0.2, 0) is 23.7 Å². The average molecular weight is 519 g/mol. The van der Waals surface area contributed by atoms with Gasteiger partial charge in [0.05, 0.1) is 20.3 Å². The lowest BCUT2D eigenvalue weighted by Crippen LogP contribution is -2.54. The van der Waals surface area contributed by atoms with E-state index < -0.39 is 24.5 Å². The predicted molar refractivity (Wildman–Crippen MR) is 140 cm³/mol. The highest BCUT2D eigenvalue weighted by atomic mass is 16.7. The highest BCUT2D eigenvalue weighted by Gasteiger charge is 2.60. The number of methoxy groups -OCH3 is 2. The molecule has 0 aliphatic heterocycles. The zero-order valence-electron chi connectivity index (χ0n) is 23.7. The Morgan fingerprint density at radius 3 is 2.35 bits per heavy atom. The highest BCUT2D eigenvalue weighted by Crippen LogP contribution is 2.66. The molecule has 7 nitrogen and oxygen atoms in total. The Morgan fingerprint density at radius 2 is 1.68 bits per heavy atom. The zero-order valence-corrected chi connectivity index (χ0v) is 23.7. The molecule has 8 atom stereocenters. The Labute approximate surface area is 222 Å². The molecule has 0 spiro atoms. The van der Waals surface area contributed by atoms with Gasteiger partial charge in [-0.1, -0.05) is 51.0 Å². The molecule has 4 rings (SSSR count). The van der Waals surface area contributed by atoms with Crippen LogP contribution in [0.5, 0.6) is 0 Å². The van der Waals surface area contributed by atoms with E-state index in [9.17, 15) is 9.59 Å². The molecule has 1 unspecified atom stereocenters. The molecule has 4 aliphatic carbocycles. The molecule has 3 saturated carbocycles. The number of carbonyl (C=O) groups excluding carboxylic acids is 2. The van der Waals surface area contributed by atoms with E-state index in [1.54, 1.807) is 0 Å². The molecule has 7 heteroatoms. The van der Waals surface area contributed by atoms with Gasteiger partial charge in [0.1, 0.15) is 12.2 Å². The van der Waals surface area contributed by atoms with Gasteiger partial charge in [-0.3, -0.25) is 0 Å². The third kappa shape index (κ3) is 5.17. The van der Waals surface area contributed by atoms with E-state index in [1.165, 1.54) is 31.8 Å². The first-order valence-corrected chi connectivity index (χ1v) is 14.1. The molecule has 0 heterocycles. The minimum atomic E-state index is -0.715. The fraction of sp³-hybridized carbons (Fsp3) is 0.800. The van der Waals surface area contributed by atoms with Gasteiger partial charge in [-0.05, 0) is 68.1 Å². The van der Waals surface area contributed by atoms with Crippen LogP contribution in [0.25, 0.3) is 0 Å². The first kappa shape index (κ1) is 28.0. The van der Waals surface area contributed by atoms with Crippen molar-refractivity contribution in [2.24, 2.45) is 34.5 Å². The second-order valence-electron chi connectivity index (χ2n) is 12.4. The van der Waals surface area contributed by atoms with Crippen molar-refractivity contribution < 1.29 is 33.3 Å². The Balaban J connectivity index is 1.59. The number of carbonyl (C=O) groups is 2. The summed E-state index contributed by atoms with van der Waals surface area (Å²) >= 11 is 0. The number of hydrogen-bond donors (Lipinski definition) is 0. The highest BCUT2D eigenvalue weighted by molar-refractivity contribution is 5.61. The van der Waals surface area contributed by atoms with Crippen molar-refractivity contribution in [2.45, 2.75) is 97.9 Å².